The van der Waals surface area contributed by atoms with Crippen molar-refractivity contribution in [3.63, 3.8) is 0 Å². The molecule has 32 heavy (non-hydrogen) atoms. The number of hydrogen-bond acceptors (Lipinski definition) is 3. The van der Waals surface area contributed by atoms with Crippen LogP contribution >= 0.6 is 0 Å². The summed E-state index contributed by atoms with van der Waals surface area (Å²) >= 11 is 0. The zero-order valence-electron chi connectivity index (χ0n) is 19.6. The fraction of sp³-hybridized carbons (Fsp3) is 0.464. The number of carbonyl (C=O) groups is 1. The Balaban J connectivity index is 1.34. The Morgan fingerprint density at radius 1 is 1.09 bits per heavy atom. The number of rotatable bonds is 10. The van der Waals surface area contributed by atoms with Crippen LogP contribution in [-0.2, 0) is 17.6 Å². The summed E-state index contributed by atoms with van der Waals surface area (Å²) in [5.41, 5.74) is 7.55. The minimum atomic E-state index is 0.0157. The van der Waals surface area contributed by atoms with E-state index < -0.39 is 0 Å². The van der Waals surface area contributed by atoms with Gasteiger partial charge in [0.25, 0.3) is 0 Å². The molecule has 4 rings (SSSR count). The molecular weight excluding hydrogens is 396 g/mol. The molecule has 1 aliphatic heterocycles. The van der Waals surface area contributed by atoms with Gasteiger partial charge in [-0.2, -0.15) is 0 Å². The molecule has 0 atom stereocenters. The van der Waals surface area contributed by atoms with Gasteiger partial charge < -0.3 is 15.0 Å². The van der Waals surface area contributed by atoms with Crippen molar-refractivity contribution in [2.45, 2.75) is 58.8 Å². The van der Waals surface area contributed by atoms with E-state index in [9.17, 15) is 4.79 Å². The smallest absolute Gasteiger partial charge is 0.228 e. The second-order valence-corrected chi connectivity index (χ2v) is 9.18. The second kappa shape index (κ2) is 10.8. The fourth-order valence-electron chi connectivity index (χ4n) is 4.76. The Labute approximate surface area is 192 Å². The van der Waals surface area contributed by atoms with Gasteiger partial charge in [0, 0.05) is 12.2 Å². The van der Waals surface area contributed by atoms with E-state index in [0.29, 0.717) is 6.42 Å². The molecule has 0 spiro atoms. The number of ether oxygens (including phenoxy) is 1. The first-order valence-corrected chi connectivity index (χ1v) is 12.2. The van der Waals surface area contributed by atoms with E-state index in [-0.39, 0.29) is 5.91 Å². The van der Waals surface area contributed by atoms with Gasteiger partial charge in [-0.05, 0) is 98.6 Å². The van der Waals surface area contributed by atoms with Crippen LogP contribution in [0, 0.1) is 0 Å². The number of allylic oxidation sites excluding steroid dienone is 1. The lowest BCUT2D eigenvalue weighted by atomic mass is 10.0. The first-order valence-electron chi connectivity index (χ1n) is 12.2. The maximum absolute atomic E-state index is 12.7. The normalized spacial score (nSPS) is 15.8. The van der Waals surface area contributed by atoms with E-state index in [0.717, 1.165) is 55.8 Å². The lowest BCUT2D eigenvalue weighted by Crippen LogP contribution is -2.20. The van der Waals surface area contributed by atoms with Crippen molar-refractivity contribution in [2.24, 2.45) is 0 Å². The molecule has 170 valence electrons. The number of nitrogens with zero attached hydrogens (tertiary/aromatic N) is 1. The molecule has 0 unspecified atom stereocenters. The van der Waals surface area contributed by atoms with Gasteiger partial charge in [0.15, 0.2) is 0 Å². The van der Waals surface area contributed by atoms with Gasteiger partial charge in [0.1, 0.15) is 5.75 Å². The molecule has 4 heteroatoms. The van der Waals surface area contributed by atoms with E-state index in [1.807, 2.05) is 30.3 Å². The number of anilines is 1. The highest BCUT2D eigenvalue weighted by atomic mass is 16.5. The largest absolute Gasteiger partial charge is 0.494 e. The van der Waals surface area contributed by atoms with Crippen LogP contribution in [-0.4, -0.2) is 37.0 Å². The molecule has 4 nitrogen and oxygen atoms in total. The standard InChI is InChI=1S/C28H36N2O2/c1-3-4-17-32-25-11-7-22(8-12-25)19-28(31)29-24-10-9-23-18-21(2)26(27(23)20-24)13-16-30-14-5-6-15-30/h7-12,20H,3-6,13-19H2,1-2H3,(H,29,31). The lowest BCUT2D eigenvalue weighted by molar-refractivity contribution is -0.115. The number of fused-ring (bicyclic) bond motifs is 1. The van der Waals surface area contributed by atoms with Crippen molar-refractivity contribution in [2.75, 3.05) is 31.6 Å². The van der Waals surface area contributed by atoms with Gasteiger partial charge in [0.2, 0.25) is 5.91 Å². The number of carbonyl (C=O) groups excluding carboxylic acids is 1. The number of likely N-dealkylation sites (tertiary alicyclic amines) is 1. The van der Waals surface area contributed by atoms with Crippen LogP contribution in [0.3, 0.4) is 0 Å². The van der Waals surface area contributed by atoms with Crippen LogP contribution in [0.5, 0.6) is 5.75 Å². The molecule has 0 bridgehead atoms. The number of unbranched alkanes of at least 4 members (excludes halogenated alkanes) is 1. The summed E-state index contributed by atoms with van der Waals surface area (Å²) < 4.78 is 5.71. The van der Waals surface area contributed by atoms with Crippen LogP contribution in [0.25, 0.3) is 5.57 Å². The van der Waals surface area contributed by atoms with Crippen LogP contribution in [0.4, 0.5) is 5.69 Å². The highest BCUT2D eigenvalue weighted by Gasteiger charge is 2.21. The van der Waals surface area contributed by atoms with Crippen molar-refractivity contribution in [3.8, 4) is 5.75 Å². The van der Waals surface area contributed by atoms with Gasteiger partial charge in [-0.3, -0.25) is 4.79 Å². The van der Waals surface area contributed by atoms with E-state index in [4.69, 9.17) is 4.74 Å². The average Bonchev–Trinajstić information content (AvgIpc) is 3.41. The van der Waals surface area contributed by atoms with E-state index >= 15 is 0 Å². The molecule has 1 N–H and O–H groups in total. The zero-order chi connectivity index (χ0) is 22.3. The maximum atomic E-state index is 12.7. The Kier molecular flexibility index (Phi) is 7.64. The summed E-state index contributed by atoms with van der Waals surface area (Å²) in [7, 11) is 0. The van der Waals surface area contributed by atoms with Crippen molar-refractivity contribution in [1.29, 1.82) is 0 Å². The molecule has 1 heterocycles. The monoisotopic (exact) mass is 432 g/mol. The molecule has 0 aromatic heterocycles. The lowest BCUT2D eigenvalue weighted by Gasteiger charge is -2.16. The zero-order valence-corrected chi connectivity index (χ0v) is 19.6. The van der Waals surface area contributed by atoms with Gasteiger partial charge in [-0.25, -0.2) is 0 Å². The summed E-state index contributed by atoms with van der Waals surface area (Å²) in [4.78, 5) is 15.2. The SMILES string of the molecule is CCCCOc1ccc(CC(=O)Nc2ccc3c(c2)C(CCN2CCCC2)=C(C)C3)cc1. The van der Waals surface area contributed by atoms with Crippen molar-refractivity contribution >= 4 is 17.2 Å². The number of hydrogen-bond donors (Lipinski definition) is 1. The van der Waals surface area contributed by atoms with Crippen molar-refractivity contribution < 1.29 is 9.53 Å². The third-order valence-corrected chi connectivity index (χ3v) is 6.62. The molecule has 2 aliphatic rings. The molecule has 1 amide bonds. The first-order chi connectivity index (χ1) is 15.6. The van der Waals surface area contributed by atoms with Crippen molar-refractivity contribution in [3.05, 3.63) is 64.7 Å². The first kappa shape index (κ1) is 22.6. The third kappa shape index (κ3) is 5.80. The summed E-state index contributed by atoms with van der Waals surface area (Å²) in [6.45, 7) is 8.76. The van der Waals surface area contributed by atoms with Crippen LogP contribution in [0.1, 0.15) is 62.6 Å². The minimum absolute atomic E-state index is 0.0157. The van der Waals surface area contributed by atoms with Gasteiger partial charge in [-0.15, -0.1) is 0 Å². The molecular formula is C28H36N2O2. The minimum Gasteiger partial charge on any atom is -0.494 e. The predicted molar refractivity (Wildman–Crippen MR) is 132 cm³/mol. The molecule has 1 saturated heterocycles. The maximum Gasteiger partial charge on any atom is 0.228 e. The number of benzene rings is 2. The van der Waals surface area contributed by atoms with Crippen LogP contribution in [0.2, 0.25) is 0 Å². The second-order valence-electron chi connectivity index (χ2n) is 9.18. The highest BCUT2D eigenvalue weighted by Crippen LogP contribution is 2.36. The predicted octanol–water partition coefficient (Wildman–Crippen LogP) is 5.86. The average molecular weight is 433 g/mol. The highest BCUT2D eigenvalue weighted by molar-refractivity contribution is 5.93. The Bertz CT molecular complexity index is 956. The van der Waals surface area contributed by atoms with Gasteiger partial charge in [-0.1, -0.05) is 37.1 Å². The van der Waals surface area contributed by atoms with E-state index in [1.54, 1.807) is 0 Å². The third-order valence-electron chi connectivity index (χ3n) is 6.62. The van der Waals surface area contributed by atoms with Gasteiger partial charge >= 0.3 is 0 Å². The summed E-state index contributed by atoms with van der Waals surface area (Å²) in [6, 6.07) is 14.3. The molecule has 0 radical (unpaired) electrons. The van der Waals surface area contributed by atoms with E-state index in [1.165, 1.54) is 48.2 Å². The Hall–Kier alpha value is -2.59. The van der Waals surface area contributed by atoms with Crippen LogP contribution in [0.15, 0.2) is 48.0 Å². The fourth-order valence-corrected chi connectivity index (χ4v) is 4.76. The topological polar surface area (TPSA) is 41.6 Å². The molecule has 1 fully saturated rings. The van der Waals surface area contributed by atoms with Crippen molar-refractivity contribution in [1.82, 2.24) is 4.90 Å². The Morgan fingerprint density at radius 2 is 1.88 bits per heavy atom. The molecule has 1 aliphatic carbocycles. The molecule has 0 saturated carbocycles. The quantitative estimate of drug-likeness (QED) is 0.478. The van der Waals surface area contributed by atoms with Crippen LogP contribution < -0.4 is 10.1 Å². The van der Waals surface area contributed by atoms with E-state index in [2.05, 4.69) is 36.2 Å². The molecule has 2 aromatic carbocycles. The molecule has 2 aromatic rings. The summed E-state index contributed by atoms with van der Waals surface area (Å²) in [6.07, 6.45) is 7.34. The Morgan fingerprint density at radius 3 is 2.62 bits per heavy atom. The summed E-state index contributed by atoms with van der Waals surface area (Å²) in [5, 5.41) is 3.11. The summed E-state index contributed by atoms with van der Waals surface area (Å²) in [5.74, 6) is 0.881. The van der Waals surface area contributed by atoms with Gasteiger partial charge in [0.05, 0.1) is 13.0 Å². The number of nitrogens with one attached hydrogen (secondary N) is 1. The number of amides is 1.